The lowest BCUT2D eigenvalue weighted by Gasteiger charge is -2.49. The number of nitrogen functional groups attached to an aromatic ring is 2. The number of carboxylic acid groups (broad SMARTS) is 1. The third-order valence-electron chi connectivity index (χ3n) is 5.35. The zero-order valence-corrected chi connectivity index (χ0v) is 21.3. The Bertz CT molecular complexity index is 1480. The number of hydrogen-bond acceptors (Lipinski definition) is 14. The summed E-state index contributed by atoms with van der Waals surface area (Å²) in [6.07, 6.45) is 1.46. The first-order valence-corrected chi connectivity index (χ1v) is 13.3. The second kappa shape index (κ2) is 9.87. The number of H-pyrrole nitrogens is 1. The number of thiazole rings is 1. The molecule has 0 radical (unpaired) electrons. The minimum Gasteiger partial charge on any atom is -0.477 e. The molecule has 2 atom stereocenters. The molecule has 0 bridgehead atoms. The Labute approximate surface area is 220 Å². The molecular weight excluding hydrogens is 544 g/mol. The molecule has 18 heteroatoms. The summed E-state index contributed by atoms with van der Waals surface area (Å²) in [6.45, 7) is 0. The van der Waals surface area contributed by atoms with E-state index in [0.717, 1.165) is 11.3 Å². The number of amides is 2. The summed E-state index contributed by atoms with van der Waals surface area (Å²) in [5, 5.41) is 17.9. The van der Waals surface area contributed by atoms with Crippen LogP contribution in [0.25, 0.3) is 11.2 Å². The smallest absolute Gasteiger partial charge is 0.352 e. The van der Waals surface area contributed by atoms with Crippen LogP contribution in [0, 0.1) is 0 Å². The number of anilines is 2. The molecule has 15 nitrogen and oxygen atoms in total. The van der Waals surface area contributed by atoms with Gasteiger partial charge in [0.15, 0.2) is 16.5 Å². The Balaban J connectivity index is 1.33. The van der Waals surface area contributed by atoms with Crippen LogP contribution in [0.1, 0.15) is 5.69 Å². The summed E-state index contributed by atoms with van der Waals surface area (Å²) < 4.78 is 0. The predicted molar refractivity (Wildman–Crippen MR) is 137 cm³/mol. The molecule has 5 rings (SSSR count). The first-order chi connectivity index (χ1) is 17.8. The first-order valence-electron chi connectivity index (χ1n) is 10.4. The van der Waals surface area contributed by atoms with Crippen LogP contribution in [0.4, 0.5) is 11.1 Å². The van der Waals surface area contributed by atoms with E-state index in [0.29, 0.717) is 27.5 Å². The van der Waals surface area contributed by atoms with E-state index in [4.69, 9.17) is 16.3 Å². The van der Waals surface area contributed by atoms with Gasteiger partial charge < -0.3 is 31.7 Å². The van der Waals surface area contributed by atoms with Gasteiger partial charge in [0, 0.05) is 16.9 Å². The van der Waals surface area contributed by atoms with Gasteiger partial charge in [0.25, 0.3) is 11.8 Å². The molecule has 7 N–H and O–H groups in total. The normalized spacial score (nSPS) is 19.5. The zero-order chi connectivity index (χ0) is 26.3. The maximum Gasteiger partial charge on any atom is 0.352 e. The van der Waals surface area contributed by atoms with E-state index in [9.17, 15) is 19.5 Å². The summed E-state index contributed by atoms with van der Waals surface area (Å²) in [5.41, 5.74) is 12.8. The van der Waals surface area contributed by atoms with Gasteiger partial charge >= 0.3 is 5.97 Å². The number of nitrogens with one attached hydrogen (secondary N) is 2. The largest absolute Gasteiger partial charge is 0.477 e. The molecule has 1 saturated heterocycles. The Morgan fingerprint density at radius 1 is 1.38 bits per heavy atom. The van der Waals surface area contributed by atoms with Crippen LogP contribution in [-0.4, -0.2) is 88.5 Å². The fraction of sp³-hybridized carbons (Fsp3) is 0.263. The number of fused-ring (bicyclic) bond motifs is 2. The van der Waals surface area contributed by atoms with Crippen LogP contribution in [0.5, 0.6) is 0 Å². The summed E-state index contributed by atoms with van der Waals surface area (Å²) in [7, 11) is 1.27. The highest BCUT2D eigenvalue weighted by molar-refractivity contribution is 8.01. The van der Waals surface area contributed by atoms with Gasteiger partial charge in [0.1, 0.15) is 40.5 Å². The second-order valence-corrected chi connectivity index (χ2v) is 10.5. The molecule has 0 aliphatic carbocycles. The summed E-state index contributed by atoms with van der Waals surface area (Å²) in [5.74, 6) is -1.89. The number of rotatable bonds is 8. The van der Waals surface area contributed by atoms with Crippen molar-refractivity contribution < 1.29 is 24.3 Å². The molecule has 192 valence electrons. The number of carboxylic acids is 1. The number of carbonyl (C=O) groups excluding carboxylic acids is 2. The number of nitrogens with zero attached hydrogens (tertiary/aromatic N) is 6. The first kappa shape index (κ1) is 24.8. The number of oxime groups is 1. The summed E-state index contributed by atoms with van der Waals surface area (Å²) >= 11 is 3.71. The number of imidazole rings is 1. The van der Waals surface area contributed by atoms with Crippen molar-refractivity contribution in [2.75, 3.05) is 30.1 Å². The van der Waals surface area contributed by atoms with E-state index in [1.165, 1.54) is 47.2 Å². The van der Waals surface area contributed by atoms with Crippen molar-refractivity contribution >= 4 is 80.6 Å². The molecule has 2 amide bonds. The lowest BCUT2D eigenvalue weighted by Crippen LogP contribution is -2.71. The number of aromatic nitrogens is 5. The van der Waals surface area contributed by atoms with Gasteiger partial charge in [-0.15, -0.1) is 23.1 Å². The summed E-state index contributed by atoms with van der Waals surface area (Å²) in [6, 6.07) is -0.953. The predicted octanol–water partition coefficient (Wildman–Crippen LogP) is -0.145. The van der Waals surface area contributed by atoms with Crippen molar-refractivity contribution in [2.24, 2.45) is 5.16 Å². The van der Waals surface area contributed by atoms with Gasteiger partial charge in [0.05, 0.1) is 6.33 Å². The van der Waals surface area contributed by atoms with Crippen LogP contribution in [0.15, 0.2) is 33.2 Å². The zero-order valence-electron chi connectivity index (χ0n) is 18.9. The minimum atomic E-state index is -1.24. The van der Waals surface area contributed by atoms with E-state index in [2.05, 4.69) is 35.4 Å². The molecule has 0 spiro atoms. The lowest BCUT2D eigenvalue weighted by molar-refractivity contribution is -0.150. The van der Waals surface area contributed by atoms with Crippen LogP contribution in [0.2, 0.25) is 0 Å². The highest BCUT2D eigenvalue weighted by atomic mass is 32.2. The Kier molecular flexibility index (Phi) is 6.61. The van der Waals surface area contributed by atoms with E-state index < -0.39 is 29.2 Å². The Morgan fingerprint density at radius 2 is 2.19 bits per heavy atom. The monoisotopic (exact) mass is 562 g/mol. The maximum absolute atomic E-state index is 13.0. The number of hydrogen-bond donors (Lipinski definition) is 5. The van der Waals surface area contributed by atoms with Gasteiger partial charge in [-0.25, -0.2) is 19.7 Å². The average molecular weight is 563 g/mol. The average Bonchev–Trinajstić information content (AvgIpc) is 3.52. The van der Waals surface area contributed by atoms with Gasteiger partial charge in [-0.1, -0.05) is 16.9 Å². The number of thioether (sulfide) groups is 2. The fourth-order valence-corrected chi connectivity index (χ4v) is 6.80. The topological polar surface area (TPSA) is 228 Å². The summed E-state index contributed by atoms with van der Waals surface area (Å²) in [4.78, 5) is 63.3. The lowest BCUT2D eigenvalue weighted by atomic mass is 10.0. The molecule has 2 aliphatic rings. The second-order valence-electron chi connectivity index (χ2n) is 7.59. The van der Waals surface area contributed by atoms with Crippen LogP contribution < -0.4 is 16.8 Å². The number of carbonyl (C=O) groups is 3. The molecule has 3 aromatic heterocycles. The van der Waals surface area contributed by atoms with Crippen LogP contribution in [0.3, 0.4) is 0 Å². The molecule has 0 saturated carbocycles. The van der Waals surface area contributed by atoms with E-state index in [1.807, 2.05) is 0 Å². The number of nitrogens with two attached hydrogens (primary N) is 2. The molecule has 3 aromatic rings. The maximum atomic E-state index is 13.0. The van der Waals surface area contributed by atoms with E-state index in [-0.39, 0.29) is 33.9 Å². The quantitative estimate of drug-likeness (QED) is 0.0792. The van der Waals surface area contributed by atoms with Crippen LogP contribution in [-0.2, 0) is 19.2 Å². The van der Waals surface area contributed by atoms with Crippen molar-refractivity contribution in [3.05, 3.63) is 28.7 Å². The van der Waals surface area contributed by atoms with Crippen molar-refractivity contribution in [2.45, 2.75) is 16.4 Å². The third kappa shape index (κ3) is 4.53. The van der Waals surface area contributed by atoms with Gasteiger partial charge in [0.2, 0.25) is 5.95 Å². The molecule has 37 heavy (non-hydrogen) atoms. The van der Waals surface area contributed by atoms with E-state index >= 15 is 0 Å². The van der Waals surface area contributed by atoms with Crippen molar-refractivity contribution in [3.63, 3.8) is 0 Å². The van der Waals surface area contributed by atoms with Gasteiger partial charge in [-0.05, 0) is 5.57 Å². The van der Waals surface area contributed by atoms with Crippen molar-refractivity contribution in [1.29, 1.82) is 0 Å². The number of aromatic amines is 1. The molecule has 1 fully saturated rings. The number of aliphatic carboxylic acids is 1. The Morgan fingerprint density at radius 3 is 2.89 bits per heavy atom. The van der Waals surface area contributed by atoms with Gasteiger partial charge in [-0.3, -0.25) is 14.5 Å². The molecule has 0 unspecified atom stereocenters. The molecule has 5 heterocycles. The van der Waals surface area contributed by atoms with Gasteiger partial charge in [-0.2, -0.15) is 4.98 Å². The molecular formula is C19H18N10O5S3. The highest BCUT2D eigenvalue weighted by Crippen LogP contribution is 2.41. The fourth-order valence-electron chi connectivity index (χ4n) is 3.78. The SMILES string of the molecule is CON=C(C(=O)N[C@@H]1C(=O)N2C(C(=O)O)=C(CSc3nc(N)nc4nc[nH]c34)CS[C@@H]12)c1csc(N)n1. The third-order valence-corrected chi connectivity index (χ3v) is 8.43. The number of β-lactam (4-membered cyclic amide) rings is 1. The van der Waals surface area contributed by atoms with Crippen molar-refractivity contribution in [1.82, 2.24) is 35.1 Å². The van der Waals surface area contributed by atoms with Crippen molar-refractivity contribution in [3.8, 4) is 0 Å². The van der Waals surface area contributed by atoms with Crippen LogP contribution >= 0.6 is 34.9 Å². The standard InChI is InChI=1S/C19H18N10O5S3/c1-34-28-8(7-4-37-19(21)24-7)13(30)25-10-15(31)29-11(17(32)33)6(3-36-16(10)29)2-35-14-9-12(23-5-22-9)26-18(20)27-14/h4-5,10,16H,2-3H2,1H3,(H2,21,24)(H,25,30)(H,32,33)(H3,20,22,23,26,27)/t10-,16+/m1/s1. The highest BCUT2D eigenvalue weighted by Gasteiger charge is 2.54. The van der Waals surface area contributed by atoms with E-state index in [1.54, 1.807) is 0 Å². The molecule has 2 aliphatic heterocycles. The Hall–Kier alpha value is -3.90. The minimum absolute atomic E-state index is 0.0424. The molecule has 0 aromatic carbocycles.